The Bertz CT molecular complexity index is 564. The van der Waals surface area contributed by atoms with Gasteiger partial charge < -0.3 is 9.84 Å². The Hall–Kier alpha value is -1.78. The van der Waals surface area contributed by atoms with Crippen LogP contribution in [0.15, 0.2) is 58.3 Å². The molecule has 0 spiro atoms. The second kappa shape index (κ2) is 6.41. The van der Waals surface area contributed by atoms with Crippen LogP contribution in [0.4, 0.5) is 0 Å². The molecule has 3 nitrogen and oxygen atoms in total. The number of esters is 1. The summed E-state index contributed by atoms with van der Waals surface area (Å²) in [6.07, 6.45) is 0. The van der Waals surface area contributed by atoms with Crippen molar-refractivity contribution in [2.45, 2.75) is 16.4 Å². The summed E-state index contributed by atoms with van der Waals surface area (Å²) in [5, 5.41) is 8.98. The lowest BCUT2D eigenvalue weighted by Gasteiger charge is -2.05. The van der Waals surface area contributed by atoms with Gasteiger partial charge in [-0.15, -0.1) is 0 Å². The molecular formula is C15H14O3S. The van der Waals surface area contributed by atoms with E-state index in [2.05, 4.69) is 0 Å². The molecule has 2 rings (SSSR count). The Kier molecular flexibility index (Phi) is 4.60. The molecule has 19 heavy (non-hydrogen) atoms. The molecule has 0 aliphatic carbocycles. The SMILES string of the molecule is COC(=O)c1cccc(Sc2ccc(CO)cc2)c1. The van der Waals surface area contributed by atoms with E-state index in [4.69, 9.17) is 9.84 Å². The van der Waals surface area contributed by atoms with Crippen molar-refractivity contribution in [2.24, 2.45) is 0 Å². The number of aliphatic hydroxyl groups excluding tert-OH is 1. The average Bonchev–Trinajstić information content (AvgIpc) is 2.47. The summed E-state index contributed by atoms with van der Waals surface area (Å²) >= 11 is 1.56. The number of benzene rings is 2. The molecular weight excluding hydrogens is 260 g/mol. The Morgan fingerprint density at radius 2 is 1.89 bits per heavy atom. The zero-order valence-electron chi connectivity index (χ0n) is 10.5. The Morgan fingerprint density at radius 3 is 2.53 bits per heavy atom. The molecule has 2 aromatic rings. The minimum Gasteiger partial charge on any atom is -0.465 e. The summed E-state index contributed by atoms with van der Waals surface area (Å²) in [5.41, 5.74) is 1.42. The molecule has 98 valence electrons. The second-order valence-corrected chi connectivity index (χ2v) is 5.07. The number of ether oxygens (including phenoxy) is 1. The van der Waals surface area contributed by atoms with Gasteiger partial charge in [0.15, 0.2) is 0 Å². The third-order valence-corrected chi connectivity index (χ3v) is 3.59. The van der Waals surface area contributed by atoms with E-state index in [0.29, 0.717) is 5.56 Å². The lowest BCUT2D eigenvalue weighted by atomic mass is 10.2. The van der Waals surface area contributed by atoms with Crippen molar-refractivity contribution in [3.8, 4) is 0 Å². The molecule has 0 aliphatic rings. The van der Waals surface area contributed by atoms with Gasteiger partial charge in [-0.25, -0.2) is 4.79 Å². The van der Waals surface area contributed by atoms with Crippen molar-refractivity contribution in [1.29, 1.82) is 0 Å². The molecule has 0 aromatic heterocycles. The first-order valence-corrected chi connectivity index (χ1v) is 6.60. The van der Waals surface area contributed by atoms with Crippen LogP contribution in [-0.4, -0.2) is 18.2 Å². The van der Waals surface area contributed by atoms with Gasteiger partial charge in [0.25, 0.3) is 0 Å². The maximum atomic E-state index is 11.4. The molecule has 0 unspecified atom stereocenters. The fourth-order valence-electron chi connectivity index (χ4n) is 1.60. The van der Waals surface area contributed by atoms with E-state index >= 15 is 0 Å². The molecule has 0 fully saturated rings. The summed E-state index contributed by atoms with van der Waals surface area (Å²) in [6.45, 7) is 0.0444. The summed E-state index contributed by atoms with van der Waals surface area (Å²) in [6, 6.07) is 15.0. The van der Waals surface area contributed by atoms with Gasteiger partial charge in [-0.2, -0.15) is 0 Å². The van der Waals surface area contributed by atoms with Crippen LogP contribution in [0.25, 0.3) is 0 Å². The van der Waals surface area contributed by atoms with Gasteiger partial charge in [-0.1, -0.05) is 30.0 Å². The van der Waals surface area contributed by atoms with Crippen molar-refractivity contribution in [2.75, 3.05) is 7.11 Å². The van der Waals surface area contributed by atoms with E-state index in [9.17, 15) is 4.79 Å². The molecule has 0 atom stereocenters. The fourth-order valence-corrected chi connectivity index (χ4v) is 2.48. The Morgan fingerprint density at radius 1 is 1.16 bits per heavy atom. The molecule has 0 saturated carbocycles. The highest BCUT2D eigenvalue weighted by Gasteiger charge is 2.06. The first-order chi connectivity index (χ1) is 9.22. The summed E-state index contributed by atoms with van der Waals surface area (Å²) in [5.74, 6) is -0.335. The van der Waals surface area contributed by atoms with E-state index < -0.39 is 0 Å². The average molecular weight is 274 g/mol. The first-order valence-electron chi connectivity index (χ1n) is 5.79. The van der Waals surface area contributed by atoms with Gasteiger partial charge >= 0.3 is 5.97 Å². The maximum Gasteiger partial charge on any atom is 0.337 e. The first kappa shape index (κ1) is 13.6. The highest BCUT2D eigenvalue weighted by Crippen LogP contribution is 2.28. The monoisotopic (exact) mass is 274 g/mol. The standard InChI is InChI=1S/C15H14O3S/c1-18-15(17)12-3-2-4-14(9-12)19-13-7-5-11(10-16)6-8-13/h2-9,16H,10H2,1H3. The number of hydrogen-bond donors (Lipinski definition) is 1. The minimum atomic E-state index is -0.335. The maximum absolute atomic E-state index is 11.4. The predicted molar refractivity (Wildman–Crippen MR) is 74.3 cm³/mol. The molecule has 0 radical (unpaired) electrons. The number of carbonyl (C=O) groups is 1. The predicted octanol–water partition coefficient (Wildman–Crippen LogP) is 3.12. The van der Waals surface area contributed by atoms with Crippen LogP contribution in [0.1, 0.15) is 15.9 Å². The van der Waals surface area contributed by atoms with Crippen LogP contribution in [0.2, 0.25) is 0 Å². The van der Waals surface area contributed by atoms with E-state index in [1.807, 2.05) is 36.4 Å². The van der Waals surface area contributed by atoms with Crippen LogP contribution < -0.4 is 0 Å². The van der Waals surface area contributed by atoms with Crippen LogP contribution in [0.5, 0.6) is 0 Å². The molecule has 0 amide bonds. The molecule has 1 N–H and O–H groups in total. The van der Waals surface area contributed by atoms with Crippen LogP contribution in [-0.2, 0) is 11.3 Å². The fraction of sp³-hybridized carbons (Fsp3) is 0.133. The zero-order chi connectivity index (χ0) is 13.7. The zero-order valence-corrected chi connectivity index (χ0v) is 11.3. The van der Waals surface area contributed by atoms with Gasteiger partial charge in [0.2, 0.25) is 0 Å². The number of methoxy groups -OCH3 is 1. The highest BCUT2D eigenvalue weighted by atomic mass is 32.2. The lowest BCUT2D eigenvalue weighted by Crippen LogP contribution is -2.00. The summed E-state index contributed by atoms with van der Waals surface area (Å²) < 4.78 is 4.70. The Labute approximate surface area is 116 Å². The number of aliphatic hydroxyl groups is 1. The Balaban J connectivity index is 2.16. The smallest absolute Gasteiger partial charge is 0.337 e. The van der Waals surface area contributed by atoms with E-state index in [0.717, 1.165) is 15.4 Å². The molecule has 0 aliphatic heterocycles. The van der Waals surface area contributed by atoms with Gasteiger partial charge in [-0.3, -0.25) is 0 Å². The van der Waals surface area contributed by atoms with Gasteiger partial charge in [0.1, 0.15) is 0 Å². The van der Waals surface area contributed by atoms with E-state index in [1.165, 1.54) is 7.11 Å². The van der Waals surface area contributed by atoms with Crippen molar-refractivity contribution >= 4 is 17.7 Å². The van der Waals surface area contributed by atoms with E-state index in [-0.39, 0.29) is 12.6 Å². The topological polar surface area (TPSA) is 46.5 Å². The third kappa shape index (κ3) is 3.59. The second-order valence-electron chi connectivity index (χ2n) is 3.92. The molecule has 0 bridgehead atoms. The van der Waals surface area contributed by atoms with Crippen molar-refractivity contribution < 1.29 is 14.6 Å². The normalized spacial score (nSPS) is 10.2. The molecule has 2 aromatic carbocycles. The summed E-state index contributed by atoms with van der Waals surface area (Å²) in [4.78, 5) is 13.5. The quantitative estimate of drug-likeness (QED) is 0.870. The van der Waals surface area contributed by atoms with Gasteiger partial charge in [-0.05, 0) is 35.9 Å². The van der Waals surface area contributed by atoms with Crippen LogP contribution in [0, 0.1) is 0 Å². The van der Waals surface area contributed by atoms with Crippen LogP contribution >= 0.6 is 11.8 Å². The van der Waals surface area contributed by atoms with Gasteiger partial charge in [0.05, 0.1) is 19.3 Å². The van der Waals surface area contributed by atoms with Crippen molar-refractivity contribution in [3.05, 3.63) is 59.7 Å². The van der Waals surface area contributed by atoms with Gasteiger partial charge in [0, 0.05) is 9.79 Å². The lowest BCUT2D eigenvalue weighted by molar-refractivity contribution is 0.0600. The molecule has 4 heteroatoms. The third-order valence-electron chi connectivity index (χ3n) is 2.60. The van der Waals surface area contributed by atoms with Crippen LogP contribution in [0.3, 0.4) is 0 Å². The summed E-state index contributed by atoms with van der Waals surface area (Å²) in [7, 11) is 1.37. The molecule has 0 saturated heterocycles. The molecule has 0 heterocycles. The number of carbonyl (C=O) groups excluding carboxylic acids is 1. The largest absolute Gasteiger partial charge is 0.465 e. The minimum absolute atomic E-state index is 0.0444. The van der Waals surface area contributed by atoms with E-state index in [1.54, 1.807) is 23.9 Å². The number of hydrogen-bond acceptors (Lipinski definition) is 4. The highest BCUT2D eigenvalue weighted by molar-refractivity contribution is 7.99. The van der Waals surface area contributed by atoms with Crippen molar-refractivity contribution in [3.63, 3.8) is 0 Å². The number of rotatable bonds is 4. The van der Waals surface area contributed by atoms with Crippen molar-refractivity contribution in [1.82, 2.24) is 0 Å².